The van der Waals surface area contributed by atoms with E-state index in [0.717, 1.165) is 37.4 Å². The third kappa shape index (κ3) is 4.61. The third-order valence-electron chi connectivity index (χ3n) is 3.55. The lowest BCUT2D eigenvalue weighted by atomic mass is 10.1. The standard InChI is InChI=1S/C19H25NO/c1-4-12-20-14-17-8-11-19(15(3)13-17)21-18-9-6-16(5-2)7-10-18/h6-11,13,20H,4-5,12,14H2,1-3H3. The molecule has 0 aromatic heterocycles. The van der Waals surface area contributed by atoms with E-state index in [-0.39, 0.29) is 0 Å². The van der Waals surface area contributed by atoms with Gasteiger partial charge >= 0.3 is 0 Å². The summed E-state index contributed by atoms with van der Waals surface area (Å²) in [5.74, 6) is 1.82. The van der Waals surface area contributed by atoms with Crippen LogP contribution in [0.25, 0.3) is 0 Å². The molecule has 112 valence electrons. The zero-order chi connectivity index (χ0) is 15.1. The van der Waals surface area contributed by atoms with Crippen LogP contribution in [-0.2, 0) is 13.0 Å². The molecule has 1 N–H and O–H groups in total. The van der Waals surface area contributed by atoms with Crippen molar-refractivity contribution in [3.63, 3.8) is 0 Å². The predicted molar refractivity (Wildman–Crippen MR) is 89.1 cm³/mol. The van der Waals surface area contributed by atoms with Gasteiger partial charge in [-0.25, -0.2) is 0 Å². The van der Waals surface area contributed by atoms with Gasteiger partial charge in [-0.1, -0.05) is 38.1 Å². The van der Waals surface area contributed by atoms with Crippen LogP contribution in [0.3, 0.4) is 0 Å². The highest BCUT2D eigenvalue weighted by molar-refractivity contribution is 5.40. The van der Waals surface area contributed by atoms with Crippen molar-refractivity contribution in [3.05, 3.63) is 59.2 Å². The molecule has 0 atom stereocenters. The van der Waals surface area contributed by atoms with Gasteiger partial charge in [-0.05, 0) is 61.2 Å². The molecule has 0 bridgehead atoms. The summed E-state index contributed by atoms with van der Waals surface area (Å²) >= 11 is 0. The van der Waals surface area contributed by atoms with E-state index in [1.54, 1.807) is 0 Å². The molecule has 2 rings (SSSR count). The molecule has 2 heteroatoms. The van der Waals surface area contributed by atoms with E-state index in [0.29, 0.717) is 0 Å². The first-order chi connectivity index (χ1) is 10.2. The molecule has 0 spiro atoms. The molecule has 0 aliphatic carbocycles. The van der Waals surface area contributed by atoms with Crippen molar-refractivity contribution in [2.75, 3.05) is 6.54 Å². The van der Waals surface area contributed by atoms with Crippen LogP contribution in [0.2, 0.25) is 0 Å². The molecule has 0 saturated carbocycles. The summed E-state index contributed by atoms with van der Waals surface area (Å²) < 4.78 is 5.97. The molecule has 0 aliphatic rings. The number of hydrogen-bond acceptors (Lipinski definition) is 2. The van der Waals surface area contributed by atoms with Crippen LogP contribution in [0.15, 0.2) is 42.5 Å². The highest BCUT2D eigenvalue weighted by atomic mass is 16.5. The minimum atomic E-state index is 0.896. The summed E-state index contributed by atoms with van der Waals surface area (Å²) in [5.41, 5.74) is 3.80. The van der Waals surface area contributed by atoms with Crippen LogP contribution < -0.4 is 10.1 Å². The van der Waals surface area contributed by atoms with Gasteiger partial charge in [-0.2, -0.15) is 0 Å². The SMILES string of the molecule is CCCNCc1ccc(Oc2ccc(CC)cc2)c(C)c1. The number of rotatable bonds is 7. The van der Waals surface area contributed by atoms with E-state index >= 15 is 0 Å². The van der Waals surface area contributed by atoms with Crippen LogP contribution in [0.1, 0.15) is 37.0 Å². The lowest BCUT2D eigenvalue weighted by Gasteiger charge is -2.11. The van der Waals surface area contributed by atoms with Crippen molar-refractivity contribution < 1.29 is 4.74 Å². The Hall–Kier alpha value is -1.80. The first-order valence-corrected chi connectivity index (χ1v) is 7.80. The largest absolute Gasteiger partial charge is 0.457 e. The Bertz CT molecular complexity index is 560. The van der Waals surface area contributed by atoms with Gasteiger partial charge in [0.1, 0.15) is 11.5 Å². The van der Waals surface area contributed by atoms with Crippen LogP contribution in [0.4, 0.5) is 0 Å². The van der Waals surface area contributed by atoms with Crippen molar-refractivity contribution >= 4 is 0 Å². The van der Waals surface area contributed by atoms with Gasteiger partial charge in [0.15, 0.2) is 0 Å². The Balaban J connectivity index is 2.02. The average Bonchev–Trinajstić information content (AvgIpc) is 2.51. The zero-order valence-electron chi connectivity index (χ0n) is 13.3. The van der Waals surface area contributed by atoms with Crippen LogP contribution in [0, 0.1) is 6.92 Å². The van der Waals surface area contributed by atoms with Crippen molar-refractivity contribution in [2.45, 2.75) is 40.2 Å². The fourth-order valence-corrected chi connectivity index (χ4v) is 2.27. The van der Waals surface area contributed by atoms with Gasteiger partial charge in [-0.15, -0.1) is 0 Å². The molecule has 0 amide bonds. The molecule has 0 fully saturated rings. The quantitative estimate of drug-likeness (QED) is 0.733. The van der Waals surface area contributed by atoms with Gasteiger partial charge < -0.3 is 10.1 Å². The maximum atomic E-state index is 5.97. The molecular formula is C19H25NO. The average molecular weight is 283 g/mol. The summed E-state index contributed by atoms with van der Waals surface area (Å²) in [7, 11) is 0. The van der Waals surface area contributed by atoms with Crippen molar-refractivity contribution in [1.82, 2.24) is 5.32 Å². The van der Waals surface area contributed by atoms with Gasteiger partial charge in [-0.3, -0.25) is 0 Å². The first kappa shape index (κ1) is 15.6. The normalized spacial score (nSPS) is 10.6. The summed E-state index contributed by atoms with van der Waals surface area (Å²) in [5, 5.41) is 3.42. The molecule has 0 radical (unpaired) electrons. The van der Waals surface area contributed by atoms with Gasteiger partial charge in [0.05, 0.1) is 0 Å². The van der Waals surface area contributed by atoms with E-state index < -0.39 is 0 Å². The fourth-order valence-electron chi connectivity index (χ4n) is 2.27. The number of nitrogens with one attached hydrogen (secondary N) is 1. The molecule has 0 saturated heterocycles. The van der Waals surface area contributed by atoms with E-state index in [9.17, 15) is 0 Å². The monoisotopic (exact) mass is 283 g/mol. The maximum absolute atomic E-state index is 5.97. The lowest BCUT2D eigenvalue weighted by molar-refractivity contribution is 0.478. The number of aryl methyl sites for hydroxylation is 2. The minimum absolute atomic E-state index is 0.896. The summed E-state index contributed by atoms with van der Waals surface area (Å²) in [6.45, 7) is 8.41. The van der Waals surface area contributed by atoms with Crippen molar-refractivity contribution in [2.24, 2.45) is 0 Å². The Morgan fingerprint density at radius 1 is 0.952 bits per heavy atom. The Morgan fingerprint density at radius 2 is 1.67 bits per heavy atom. The van der Waals surface area contributed by atoms with Gasteiger partial charge in [0.2, 0.25) is 0 Å². The molecule has 0 aliphatic heterocycles. The second-order valence-corrected chi connectivity index (χ2v) is 5.38. The van der Waals surface area contributed by atoms with Gasteiger partial charge in [0, 0.05) is 6.54 Å². The second kappa shape index (κ2) is 7.84. The third-order valence-corrected chi connectivity index (χ3v) is 3.55. The number of hydrogen-bond donors (Lipinski definition) is 1. The summed E-state index contributed by atoms with van der Waals surface area (Å²) in [6, 6.07) is 14.7. The molecule has 0 heterocycles. The topological polar surface area (TPSA) is 21.3 Å². The zero-order valence-corrected chi connectivity index (χ0v) is 13.3. The highest BCUT2D eigenvalue weighted by Gasteiger charge is 2.03. The molecule has 21 heavy (non-hydrogen) atoms. The summed E-state index contributed by atoms with van der Waals surface area (Å²) in [6.07, 6.45) is 2.21. The number of ether oxygens (including phenoxy) is 1. The van der Waals surface area contributed by atoms with Crippen LogP contribution in [0.5, 0.6) is 11.5 Å². The van der Waals surface area contributed by atoms with E-state index in [1.165, 1.54) is 16.7 Å². The fraction of sp³-hybridized carbons (Fsp3) is 0.368. The lowest BCUT2D eigenvalue weighted by Crippen LogP contribution is -2.13. The summed E-state index contributed by atoms with van der Waals surface area (Å²) in [4.78, 5) is 0. The molecule has 0 unspecified atom stereocenters. The minimum Gasteiger partial charge on any atom is -0.457 e. The maximum Gasteiger partial charge on any atom is 0.130 e. The molecule has 2 aromatic carbocycles. The van der Waals surface area contributed by atoms with E-state index in [2.05, 4.69) is 56.4 Å². The Labute approximate surface area is 128 Å². The van der Waals surface area contributed by atoms with E-state index in [4.69, 9.17) is 4.74 Å². The Morgan fingerprint density at radius 3 is 2.29 bits per heavy atom. The second-order valence-electron chi connectivity index (χ2n) is 5.38. The smallest absolute Gasteiger partial charge is 0.130 e. The predicted octanol–water partition coefficient (Wildman–Crippen LogP) is 4.85. The number of benzene rings is 2. The highest BCUT2D eigenvalue weighted by Crippen LogP contribution is 2.26. The molecule has 2 nitrogen and oxygen atoms in total. The van der Waals surface area contributed by atoms with Gasteiger partial charge in [0.25, 0.3) is 0 Å². The Kier molecular flexibility index (Phi) is 5.82. The van der Waals surface area contributed by atoms with E-state index in [1.807, 2.05) is 12.1 Å². The molecule has 2 aromatic rings. The van der Waals surface area contributed by atoms with Crippen molar-refractivity contribution in [3.8, 4) is 11.5 Å². The molecular weight excluding hydrogens is 258 g/mol. The van der Waals surface area contributed by atoms with Crippen LogP contribution >= 0.6 is 0 Å². The van der Waals surface area contributed by atoms with Crippen molar-refractivity contribution in [1.29, 1.82) is 0 Å². The first-order valence-electron chi connectivity index (χ1n) is 7.80. The van der Waals surface area contributed by atoms with Crippen LogP contribution in [-0.4, -0.2) is 6.54 Å².